The molecule has 0 aliphatic carbocycles. The van der Waals surface area contributed by atoms with Gasteiger partial charge in [-0.3, -0.25) is 4.79 Å². The van der Waals surface area contributed by atoms with Gasteiger partial charge in [0.05, 0.1) is 6.04 Å². The van der Waals surface area contributed by atoms with E-state index in [2.05, 4.69) is 15.9 Å². The van der Waals surface area contributed by atoms with Gasteiger partial charge in [-0.1, -0.05) is 15.9 Å². The minimum absolute atomic E-state index is 0.0620. The van der Waals surface area contributed by atoms with Crippen LogP contribution in [0.4, 0.5) is 0 Å². The molecule has 0 aromatic rings. The zero-order chi connectivity index (χ0) is 8.43. The Bertz CT molecular complexity index is 161. The number of amides is 1. The van der Waals surface area contributed by atoms with E-state index < -0.39 is 0 Å². The van der Waals surface area contributed by atoms with E-state index in [9.17, 15) is 4.79 Å². The highest BCUT2D eigenvalue weighted by atomic mass is 79.9. The topological polar surface area (TPSA) is 46.3 Å². The standard InChI is InChI=1S/C7H13BrN2O/c1-5(9)7(11)10-3-2-6(8)4-10/h5-6H,2-4,9H2,1H3/t5-,6?/m0/s1. The molecule has 2 atom stereocenters. The third kappa shape index (κ3) is 2.17. The van der Waals surface area contributed by atoms with Gasteiger partial charge in [0.15, 0.2) is 0 Å². The molecule has 0 aromatic carbocycles. The molecule has 3 nitrogen and oxygen atoms in total. The van der Waals surface area contributed by atoms with Crippen molar-refractivity contribution in [2.24, 2.45) is 5.73 Å². The van der Waals surface area contributed by atoms with E-state index in [0.29, 0.717) is 4.83 Å². The van der Waals surface area contributed by atoms with Crippen molar-refractivity contribution in [3.63, 3.8) is 0 Å². The highest BCUT2D eigenvalue weighted by molar-refractivity contribution is 9.09. The van der Waals surface area contributed by atoms with Crippen LogP contribution >= 0.6 is 15.9 Å². The molecular formula is C7H13BrN2O. The number of hydrogen-bond donors (Lipinski definition) is 1. The van der Waals surface area contributed by atoms with E-state index in [1.54, 1.807) is 6.92 Å². The predicted octanol–water partition coefficient (Wildman–Crippen LogP) is 0.329. The Balaban J connectivity index is 2.43. The Morgan fingerprint density at radius 1 is 1.82 bits per heavy atom. The number of halogens is 1. The lowest BCUT2D eigenvalue weighted by molar-refractivity contribution is -0.131. The van der Waals surface area contributed by atoms with Crippen LogP contribution in [0.1, 0.15) is 13.3 Å². The molecule has 1 saturated heterocycles. The summed E-state index contributed by atoms with van der Waals surface area (Å²) in [6.07, 6.45) is 1.04. The molecule has 1 aliphatic heterocycles. The first kappa shape index (κ1) is 9.00. The lowest BCUT2D eigenvalue weighted by Gasteiger charge is -2.17. The fraction of sp³-hybridized carbons (Fsp3) is 0.857. The molecule has 1 fully saturated rings. The maximum atomic E-state index is 11.3. The first-order valence-corrected chi connectivity index (χ1v) is 4.71. The van der Waals surface area contributed by atoms with Crippen molar-refractivity contribution in [2.45, 2.75) is 24.2 Å². The van der Waals surface area contributed by atoms with Gasteiger partial charge in [0.25, 0.3) is 0 Å². The predicted molar refractivity (Wildman–Crippen MR) is 47.6 cm³/mol. The maximum absolute atomic E-state index is 11.3. The molecule has 1 rings (SSSR count). The second kappa shape index (κ2) is 3.54. The molecule has 4 heteroatoms. The quantitative estimate of drug-likeness (QED) is 0.648. The number of nitrogens with zero attached hydrogens (tertiary/aromatic N) is 1. The molecule has 0 saturated carbocycles. The van der Waals surface area contributed by atoms with Gasteiger partial charge in [-0.2, -0.15) is 0 Å². The number of likely N-dealkylation sites (tertiary alicyclic amines) is 1. The Hall–Kier alpha value is -0.0900. The van der Waals surface area contributed by atoms with Crippen LogP contribution in [-0.2, 0) is 4.79 Å². The fourth-order valence-electron chi connectivity index (χ4n) is 1.21. The van der Waals surface area contributed by atoms with Gasteiger partial charge in [-0.05, 0) is 13.3 Å². The van der Waals surface area contributed by atoms with E-state index in [1.165, 1.54) is 0 Å². The molecular weight excluding hydrogens is 208 g/mol. The van der Waals surface area contributed by atoms with Crippen LogP contribution in [-0.4, -0.2) is 34.8 Å². The molecule has 1 heterocycles. The van der Waals surface area contributed by atoms with Crippen LogP contribution in [0.25, 0.3) is 0 Å². The van der Waals surface area contributed by atoms with Gasteiger partial charge in [0, 0.05) is 17.9 Å². The van der Waals surface area contributed by atoms with Gasteiger partial charge in [0.2, 0.25) is 5.91 Å². The number of nitrogens with two attached hydrogens (primary N) is 1. The molecule has 0 radical (unpaired) electrons. The van der Waals surface area contributed by atoms with Crippen molar-refractivity contribution in [1.29, 1.82) is 0 Å². The third-order valence-corrected chi connectivity index (χ3v) is 2.58. The lowest BCUT2D eigenvalue weighted by Crippen LogP contribution is -2.40. The van der Waals surface area contributed by atoms with E-state index in [1.807, 2.05) is 4.90 Å². The Morgan fingerprint density at radius 3 is 2.82 bits per heavy atom. The fourth-order valence-corrected chi connectivity index (χ4v) is 1.76. The molecule has 0 bridgehead atoms. The largest absolute Gasteiger partial charge is 0.340 e. The van der Waals surface area contributed by atoms with Crippen molar-refractivity contribution < 1.29 is 4.79 Å². The highest BCUT2D eigenvalue weighted by Gasteiger charge is 2.25. The zero-order valence-corrected chi connectivity index (χ0v) is 8.17. The van der Waals surface area contributed by atoms with E-state index >= 15 is 0 Å². The molecule has 11 heavy (non-hydrogen) atoms. The Labute approximate surface area is 75.1 Å². The van der Waals surface area contributed by atoms with Crippen molar-refractivity contribution in [3.05, 3.63) is 0 Å². The summed E-state index contributed by atoms with van der Waals surface area (Å²) < 4.78 is 0. The summed E-state index contributed by atoms with van der Waals surface area (Å²) in [5.74, 6) is 0.0620. The van der Waals surface area contributed by atoms with Crippen LogP contribution in [0, 0.1) is 0 Å². The number of carbonyl (C=O) groups is 1. The minimum Gasteiger partial charge on any atom is -0.340 e. The summed E-state index contributed by atoms with van der Waals surface area (Å²) in [7, 11) is 0. The van der Waals surface area contributed by atoms with Crippen molar-refractivity contribution in [1.82, 2.24) is 4.90 Å². The Kier molecular flexibility index (Phi) is 2.90. The summed E-state index contributed by atoms with van der Waals surface area (Å²) >= 11 is 3.46. The average Bonchev–Trinajstić information content (AvgIpc) is 2.34. The molecule has 0 aromatic heterocycles. The van der Waals surface area contributed by atoms with E-state index in [-0.39, 0.29) is 11.9 Å². The molecule has 0 spiro atoms. The van der Waals surface area contributed by atoms with Crippen molar-refractivity contribution in [3.8, 4) is 0 Å². The summed E-state index contributed by atoms with van der Waals surface area (Å²) in [6, 6.07) is -0.354. The van der Waals surface area contributed by atoms with Gasteiger partial charge < -0.3 is 10.6 Å². The number of rotatable bonds is 1. The van der Waals surface area contributed by atoms with E-state index in [4.69, 9.17) is 5.73 Å². The lowest BCUT2D eigenvalue weighted by atomic mass is 10.3. The van der Waals surface area contributed by atoms with Crippen molar-refractivity contribution in [2.75, 3.05) is 13.1 Å². The molecule has 1 aliphatic rings. The summed E-state index contributed by atoms with van der Waals surface area (Å²) in [5.41, 5.74) is 5.45. The highest BCUT2D eigenvalue weighted by Crippen LogP contribution is 2.16. The second-order valence-electron chi connectivity index (χ2n) is 2.96. The molecule has 1 amide bonds. The second-order valence-corrected chi connectivity index (χ2v) is 4.25. The number of carbonyl (C=O) groups excluding carboxylic acids is 1. The van der Waals surface area contributed by atoms with Crippen LogP contribution in [0.2, 0.25) is 0 Å². The summed E-state index contributed by atoms with van der Waals surface area (Å²) in [5, 5.41) is 0. The Morgan fingerprint density at radius 2 is 2.45 bits per heavy atom. The maximum Gasteiger partial charge on any atom is 0.239 e. The van der Waals surface area contributed by atoms with Crippen LogP contribution in [0.5, 0.6) is 0 Å². The van der Waals surface area contributed by atoms with E-state index in [0.717, 1.165) is 19.5 Å². The van der Waals surface area contributed by atoms with Gasteiger partial charge >= 0.3 is 0 Å². The van der Waals surface area contributed by atoms with Crippen molar-refractivity contribution >= 4 is 21.8 Å². The van der Waals surface area contributed by atoms with Gasteiger partial charge in [0.1, 0.15) is 0 Å². The number of alkyl halides is 1. The monoisotopic (exact) mass is 220 g/mol. The van der Waals surface area contributed by atoms with Gasteiger partial charge in [-0.15, -0.1) is 0 Å². The average molecular weight is 221 g/mol. The molecule has 64 valence electrons. The normalized spacial score (nSPS) is 27.2. The SMILES string of the molecule is C[C@H](N)C(=O)N1CCC(Br)C1. The molecule has 1 unspecified atom stereocenters. The van der Waals surface area contributed by atoms with Crippen LogP contribution < -0.4 is 5.73 Å². The summed E-state index contributed by atoms with van der Waals surface area (Å²) in [6.45, 7) is 3.38. The minimum atomic E-state index is -0.354. The molecule has 2 N–H and O–H groups in total. The summed E-state index contributed by atoms with van der Waals surface area (Å²) in [4.78, 5) is 13.5. The zero-order valence-electron chi connectivity index (χ0n) is 6.59. The van der Waals surface area contributed by atoms with Gasteiger partial charge in [-0.25, -0.2) is 0 Å². The number of hydrogen-bond acceptors (Lipinski definition) is 2. The third-order valence-electron chi connectivity index (χ3n) is 1.83. The van der Waals surface area contributed by atoms with Crippen LogP contribution in [0.3, 0.4) is 0 Å². The first-order chi connectivity index (χ1) is 5.11. The van der Waals surface area contributed by atoms with Crippen LogP contribution in [0.15, 0.2) is 0 Å². The smallest absolute Gasteiger partial charge is 0.239 e. The first-order valence-electron chi connectivity index (χ1n) is 3.79.